The second kappa shape index (κ2) is 8.53. The zero-order valence-electron chi connectivity index (χ0n) is 17.6. The predicted molar refractivity (Wildman–Crippen MR) is 114 cm³/mol. The molecule has 0 unspecified atom stereocenters. The first-order chi connectivity index (χ1) is 13.8. The molecule has 2 atom stereocenters. The Hall–Kier alpha value is -1.15. The van der Waals surface area contributed by atoms with Gasteiger partial charge in [0.15, 0.2) is 0 Å². The van der Waals surface area contributed by atoms with E-state index >= 15 is 0 Å². The average molecular weight is 423 g/mol. The molecule has 1 saturated carbocycles. The molecule has 7 heteroatoms. The molecule has 1 N–H and O–H groups in total. The first-order valence-electron chi connectivity index (χ1n) is 10.9. The summed E-state index contributed by atoms with van der Waals surface area (Å²) in [5, 5.41) is 0. The second-order valence-electron chi connectivity index (χ2n) is 9.18. The summed E-state index contributed by atoms with van der Waals surface area (Å²) in [6.45, 7) is 5.23. The molecular formula is C22H34N2O4S. The van der Waals surface area contributed by atoms with Gasteiger partial charge in [-0.1, -0.05) is 25.1 Å². The number of fused-ring (bicyclic) bond motifs is 5. The van der Waals surface area contributed by atoms with Crippen LogP contribution in [0.5, 0.6) is 5.75 Å². The summed E-state index contributed by atoms with van der Waals surface area (Å²) in [5.41, 5.74) is 1.43. The molecule has 2 fully saturated rings. The smallest absolute Gasteiger partial charge is 0.209 e. The third kappa shape index (κ3) is 4.95. The van der Waals surface area contributed by atoms with Crippen molar-refractivity contribution in [3.05, 3.63) is 29.8 Å². The average Bonchev–Trinajstić information content (AvgIpc) is 2.69. The summed E-state index contributed by atoms with van der Waals surface area (Å²) in [4.78, 5) is 2.35. The van der Waals surface area contributed by atoms with E-state index in [9.17, 15) is 8.42 Å². The molecule has 1 aliphatic carbocycles. The molecule has 3 heterocycles. The highest BCUT2D eigenvalue weighted by Gasteiger charge is 2.38. The van der Waals surface area contributed by atoms with E-state index in [0.717, 1.165) is 57.4 Å². The van der Waals surface area contributed by atoms with Gasteiger partial charge in [-0.15, -0.1) is 0 Å². The van der Waals surface area contributed by atoms with E-state index in [1.807, 2.05) is 6.07 Å². The minimum Gasteiger partial charge on any atom is -0.492 e. The molecule has 0 aromatic heterocycles. The Morgan fingerprint density at radius 3 is 2.66 bits per heavy atom. The van der Waals surface area contributed by atoms with Gasteiger partial charge in [-0.05, 0) is 56.6 Å². The molecule has 0 spiro atoms. The highest BCUT2D eigenvalue weighted by Crippen LogP contribution is 2.43. The lowest BCUT2D eigenvalue weighted by Crippen LogP contribution is -2.58. The number of rotatable bonds is 2. The largest absolute Gasteiger partial charge is 0.492 e. The number of piperidine rings is 1. The first kappa shape index (κ1) is 21.1. The monoisotopic (exact) mass is 422 g/mol. The molecule has 1 aromatic rings. The van der Waals surface area contributed by atoms with Crippen molar-refractivity contribution in [3.8, 4) is 5.75 Å². The Bertz CT molecular complexity index is 805. The summed E-state index contributed by atoms with van der Waals surface area (Å²) in [5.74, 6) is 0.994. The van der Waals surface area contributed by atoms with Crippen molar-refractivity contribution in [2.24, 2.45) is 0 Å². The van der Waals surface area contributed by atoms with Crippen molar-refractivity contribution in [2.75, 3.05) is 32.6 Å². The van der Waals surface area contributed by atoms with Crippen molar-refractivity contribution in [1.82, 2.24) is 9.62 Å². The molecule has 1 saturated heterocycles. The van der Waals surface area contributed by atoms with E-state index < -0.39 is 10.0 Å². The SMILES string of the molecule is CS(=O)(=O)N[C@H]1CCCN2CCOc3ccccc3[C@]3(C)CC[C@H](CC3)OC[C@@H]12. The maximum Gasteiger partial charge on any atom is 0.209 e. The number of sulfonamides is 1. The van der Waals surface area contributed by atoms with Crippen LogP contribution in [0, 0.1) is 0 Å². The van der Waals surface area contributed by atoms with E-state index in [1.54, 1.807) is 0 Å². The van der Waals surface area contributed by atoms with Crippen LogP contribution in [0.1, 0.15) is 51.0 Å². The van der Waals surface area contributed by atoms with Crippen LogP contribution in [0.15, 0.2) is 24.3 Å². The summed E-state index contributed by atoms with van der Waals surface area (Å²) < 4.78 is 39.3. The van der Waals surface area contributed by atoms with Gasteiger partial charge in [0.25, 0.3) is 0 Å². The number of para-hydroxylation sites is 1. The van der Waals surface area contributed by atoms with Gasteiger partial charge in [-0.2, -0.15) is 0 Å². The Balaban J connectivity index is 1.58. The summed E-state index contributed by atoms with van der Waals surface area (Å²) in [6, 6.07) is 8.40. The molecule has 29 heavy (non-hydrogen) atoms. The Labute approximate surface area is 175 Å². The van der Waals surface area contributed by atoms with Crippen LogP contribution in [0.3, 0.4) is 0 Å². The third-order valence-electron chi connectivity index (χ3n) is 6.97. The second-order valence-corrected chi connectivity index (χ2v) is 11.0. The van der Waals surface area contributed by atoms with Crippen LogP contribution in [-0.2, 0) is 20.2 Å². The van der Waals surface area contributed by atoms with Crippen molar-refractivity contribution >= 4 is 10.0 Å². The van der Waals surface area contributed by atoms with Gasteiger partial charge < -0.3 is 9.47 Å². The van der Waals surface area contributed by atoms with Crippen molar-refractivity contribution in [3.63, 3.8) is 0 Å². The quantitative estimate of drug-likeness (QED) is 0.794. The number of hydrogen-bond donors (Lipinski definition) is 1. The number of nitrogens with zero attached hydrogens (tertiary/aromatic N) is 1. The molecule has 2 bridgehead atoms. The van der Waals surface area contributed by atoms with Crippen LogP contribution < -0.4 is 9.46 Å². The minimum absolute atomic E-state index is 0.0476. The molecule has 4 aliphatic rings. The summed E-state index contributed by atoms with van der Waals surface area (Å²) in [6.07, 6.45) is 7.54. The van der Waals surface area contributed by atoms with Gasteiger partial charge in [0.1, 0.15) is 12.4 Å². The fourth-order valence-corrected chi connectivity index (χ4v) is 6.13. The lowest BCUT2D eigenvalue weighted by atomic mass is 9.70. The number of hydrogen-bond acceptors (Lipinski definition) is 5. The molecule has 6 nitrogen and oxygen atoms in total. The molecule has 5 rings (SSSR count). The maximum absolute atomic E-state index is 11.9. The highest BCUT2D eigenvalue weighted by molar-refractivity contribution is 7.88. The Kier molecular flexibility index (Phi) is 6.21. The van der Waals surface area contributed by atoms with E-state index in [2.05, 4.69) is 34.7 Å². The van der Waals surface area contributed by atoms with Crippen LogP contribution in [0.4, 0.5) is 0 Å². The summed E-state index contributed by atoms with van der Waals surface area (Å²) >= 11 is 0. The molecule has 3 aliphatic heterocycles. The van der Waals surface area contributed by atoms with Crippen LogP contribution in [0.2, 0.25) is 0 Å². The lowest BCUT2D eigenvalue weighted by Gasteiger charge is -2.42. The van der Waals surface area contributed by atoms with Gasteiger partial charge in [-0.25, -0.2) is 13.1 Å². The minimum atomic E-state index is -3.25. The zero-order chi connectivity index (χ0) is 20.5. The van der Waals surface area contributed by atoms with E-state index in [4.69, 9.17) is 9.47 Å². The molecular weight excluding hydrogens is 388 g/mol. The van der Waals surface area contributed by atoms with Crippen LogP contribution in [-0.4, -0.2) is 64.1 Å². The normalized spacial score (nSPS) is 34.1. The zero-order valence-corrected chi connectivity index (χ0v) is 18.4. The number of ether oxygens (including phenoxy) is 2. The van der Waals surface area contributed by atoms with Gasteiger partial charge in [0, 0.05) is 24.2 Å². The maximum atomic E-state index is 11.9. The fourth-order valence-electron chi connectivity index (χ4n) is 5.30. The Morgan fingerprint density at radius 1 is 1.14 bits per heavy atom. The van der Waals surface area contributed by atoms with Crippen molar-refractivity contribution in [2.45, 2.75) is 69.1 Å². The highest BCUT2D eigenvalue weighted by atomic mass is 32.2. The van der Waals surface area contributed by atoms with Gasteiger partial charge in [-0.3, -0.25) is 4.90 Å². The first-order valence-corrected chi connectivity index (χ1v) is 12.8. The summed E-state index contributed by atoms with van der Waals surface area (Å²) in [7, 11) is -3.25. The predicted octanol–water partition coefficient (Wildman–Crippen LogP) is 2.68. The molecule has 162 valence electrons. The van der Waals surface area contributed by atoms with Gasteiger partial charge in [0.05, 0.1) is 19.0 Å². The van der Waals surface area contributed by atoms with Crippen molar-refractivity contribution < 1.29 is 17.9 Å². The topological polar surface area (TPSA) is 67.9 Å². The number of nitrogens with one attached hydrogen (secondary N) is 1. The van der Waals surface area contributed by atoms with Crippen molar-refractivity contribution in [1.29, 1.82) is 0 Å². The van der Waals surface area contributed by atoms with E-state index in [1.165, 1.54) is 11.8 Å². The van der Waals surface area contributed by atoms with Crippen LogP contribution in [0.25, 0.3) is 0 Å². The van der Waals surface area contributed by atoms with E-state index in [-0.39, 0.29) is 23.6 Å². The third-order valence-corrected chi connectivity index (χ3v) is 7.70. The standard InChI is InChI=1S/C22H34N2O4S/c1-22-11-9-17(10-12-22)28-16-20-19(23-29(2,25)26)7-5-13-24(20)14-15-27-21-8-4-3-6-18(21)22/h3-4,6,8,17,19-20,23H,5,7,9-16H2,1-2H3/t17-,19-,20-,22-/m0/s1. The molecule has 0 amide bonds. The Morgan fingerprint density at radius 2 is 1.90 bits per heavy atom. The van der Waals surface area contributed by atoms with Crippen LogP contribution >= 0.6 is 0 Å². The van der Waals surface area contributed by atoms with Gasteiger partial charge in [0.2, 0.25) is 10.0 Å². The molecule has 0 radical (unpaired) electrons. The molecule has 1 aromatic carbocycles. The van der Waals surface area contributed by atoms with E-state index in [0.29, 0.717) is 13.2 Å². The fraction of sp³-hybridized carbons (Fsp3) is 0.727. The number of benzene rings is 1. The lowest BCUT2D eigenvalue weighted by molar-refractivity contribution is -0.0332. The van der Waals surface area contributed by atoms with Gasteiger partial charge >= 0.3 is 0 Å².